The van der Waals surface area contributed by atoms with Crippen molar-refractivity contribution < 1.29 is 4.79 Å². The van der Waals surface area contributed by atoms with Gasteiger partial charge >= 0.3 is 0 Å². The molecule has 0 aliphatic rings. The summed E-state index contributed by atoms with van der Waals surface area (Å²) in [6.07, 6.45) is 6.06. The van der Waals surface area contributed by atoms with E-state index in [0.717, 1.165) is 0 Å². The Morgan fingerprint density at radius 1 is 1.21 bits per heavy atom. The van der Waals surface area contributed by atoms with Crippen LogP contribution in [0.3, 0.4) is 0 Å². The first-order chi connectivity index (χ1) is 6.65. The summed E-state index contributed by atoms with van der Waals surface area (Å²) in [7, 11) is 0. The molecule has 1 rings (SSSR count). The Morgan fingerprint density at radius 2 is 1.79 bits per heavy atom. The molecule has 1 radical (unpaired) electrons. The molecule has 1 nitrogen and oxygen atoms in total. The maximum Gasteiger partial charge on any atom is 0.202 e. The molecule has 0 saturated heterocycles. The van der Waals surface area contributed by atoms with Gasteiger partial charge in [0.25, 0.3) is 0 Å². The van der Waals surface area contributed by atoms with Crippen molar-refractivity contribution in [1.82, 2.24) is 0 Å². The van der Waals surface area contributed by atoms with Crippen LogP contribution < -0.4 is 0 Å². The molecule has 0 amide bonds. The highest BCUT2D eigenvalue weighted by atomic mass is 16.1. The van der Waals surface area contributed by atoms with E-state index >= 15 is 0 Å². The predicted octanol–water partition coefficient (Wildman–Crippen LogP) is 3.12. The third-order valence-corrected chi connectivity index (χ3v) is 2.22. The molecule has 0 aromatic heterocycles. The molecule has 0 fully saturated rings. The molecule has 0 saturated carbocycles. The summed E-state index contributed by atoms with van der Waals surface area (Å²) in [5.74, 6) is 0. The maximum atomic E-state index is 10.0. The van der Waals surface area contributed by atoms with E-state index in [1.54, 1.807) is 0 Å². The quantitative estimate of drug-likeness (QED) is 0.710. The summed E-state index contributed by atoms with van der Waals surface area (Å²) < 4.78 is 0. The van der Waals surface area contributed by atoms with Gasteiger partial charge in [0.2, 0.25) is 6.29 Å². The van der Waals surface area contributed by atoms with Crippen molar-refractivity contribution in [2.24, 2.45) is 0 Å². The highest BCUT2D eigenvalue weighted by Crippen LogP contribution is 2.17. The lowest BCUT2D eigenvalue weighted by atomic mass is 9.99. The van der Waals surface area contributed by atoms with Crippen LogP contribution >= 0.6 is 0 Å². The van der Waals surface area contributed by atoms with Gasteiger partial charge in [0.15, 0.2) is 0 Å². The van der Waals surface area contributed by atoms with Crippen LogP contribution in [0.2, 0.25) is 0 Å². The number of allylic oxidation sites excluding steroid dienone is 1. The molecule has 0 heterocycles. The number of rotatable bonds is 3. The van der Waals surface area contributed by atoms with Gasteiger partial charge in [-0.3, -0.25) is 4.79 Å². The van der Waals surface area contributed by atoms with Gasteiger partial charge in [-0.2, -0.15) is 0 Å². The lowest BCUT2D eigenvalue weighted by molar-refractivity contribution is 0.556. The molecule has 14 heavy (non-hydrogen) atoms. The average Bonchev–Trinajstić information content (AvgIpc) is 2.09. The van der Waals surface area contributed by atoms with Gasteiger partial charge in [-0.25, -0.2) is 0 Å². The molecule has 0 atom stereocenters. The third-order valence-electron chi connectivity index (χ3n) is 2.22. The highest BCUT2D eigenvalue weighted by Gasteiger charge is 1.99. The Balaban J connectivity index is 3.02. The van der Waals surface area contributed by atoms with Crippen LogP contribution in [-0.2, 0) is 4.79 Å². The molecule has 0 bridgehead atoms. The number of benzene rings is 1. The van der Waals surface area contributed by atoms with Crippen LogP contribution in [0.15, 0.2) is 18.2 Å². The summed E-state index contributed by atoms with van der Waals surface area (Å²) in [4.78, 5) is 10.0. The van der Waals surface area contributed by atoms with E-state index in [2.05, 4.69) is 32.9 Å². The van der Waals surface area contributed by atoms with Crippen LogP contribution in [-0.4, -0.2) is 6.29 Å². The lowest BCUT2D eigenvalue weighted by Crippen LogP contribution is -1.88. The molecule has 1 heteroatoms. The number of carbonyl (C=O) groups excluding carboxylic acids is 1. The van der Waals surface area contributed by atoms with E-state index in [1.165, 1.54) is 22.3 Å². The molecule has 0 aliphatic carbocycles. The monoisotopic (exact) mass is 187 g/mol. The Hall–Kier alpha value is -1.37. The fraction of sp³-hybridized carbons (Fsp3) is 0.308. The minimum Gasteiger partial charge on any atom is -0.291 e. The van der Waals surface area contributed by atoms with Gasteiger partial charge in [-0.1, -0.05) is 29.8 Å². The second-order valence-corrected chi connectivity index (χ2v) is 3.56. The molecule has 73 valence electrons. The van der Waals surface area contributed by atoms with Crippen LogP contribution in [0.1, 0.15) is 28.7 Å². The van der Waals surface area contributed by atoms with E-state index in [0.29, 0.717) is 6.42 Å². The zero-order chi connectivity index (χ0) is 10.6. The van der Waals surface area contributed by atoms with Gasteiger partial charge < -0.3 is 0 Å². The summed E-state index contributed by atoms with van der Waals surface area (Å²) in [5, 5.41) is 0. The van der Waals surface area contributed by atoms with Gasteiger partial charge in [0.1, 0.15) is 0 Å². The number of aryl methyl sites for hydroxylation is 3. The summed E-state index contributed by atoms with van der Waals surface area (Å²) in [6.45, 7) is 6.27. The van der Waals surface area contributed by atoms with Crippen molar-refractivity contribution in [3.8, 4) is 0 Å². The van der Waals surface area contributed by atoms with Gasteiger partial charge in [0, 0.05) is 6.42 Å². The number of hydrogen-bond donors (Lipinski definition) is 0. The normalized spacial score (nSPS) is 10.8. The largest absolute Gasteiger partial charge is 0.291 e. The molecular weight excluding hydrogens is 172 g/mol. The van der Waals surface area contributed by atoms with Crippen LogP contribution in [0.25, 0.3) is 6.08 Å². The molecule has 1 aromatic rings. The smallest absolute Gasteiger partial charge is 0.202 e. The lowest BCUT2D eigenvalue weighted by Gasteiger charge is -2.06. The molecule has 1 aromatic carbocycles. The van der Waals surface area contributed by atoms with Crippen LogP contribution in [0, 0.1) is 20.8 Å². The van der Waals surface area contributed by atoms with E-state index in [1.807, 2.05) is 18.4 Å². The van der Waals surface area contributed by atoms with Gasteiger partial charge in [-0.05, 0) is 37.5 Å². The van der Waals surface area contributed by atoms with E-state index < -0.39 is 0 Å². The maximum absolute atomic E-state index is 10.0. The first-order valence-corrected chi connectivity index (χ1v) is 4.74. The number of hydrogen-bond acceptors (Lipinski definition) is 1. The SMILES string of the molecule is Cc1cc(C)c(/C=C/C[C]=O)c(C)c1. The summed E-state index contributed by atoms with van der Waals surface area (Å²) in [5.41, 5.74) is 5.00. The van der Waals surface area contributed by atoms with Gasteiger partial charge in [0.05, 0.1) is 0 Å². The first-order valence-electron chi connectivity index (χ1n) is 4.74. The topological polar surface area (TPSA) is 17.1 Å². The Bertz CT molecular complexity index is 338. The zero-order valence-corrected chi connectivity index (χ0v) is 8.92. The molecule has 0 spiro atoms. The van der Waals surface area contributed by atoms with Crippen molar-refractivity contribution in [3.63, 3.8) is 0 Å². The van der Waals surface area contributed by atoms with Crippen LogP contribution in [0.4, 0.5) is 0 Å². The molecule has 0 N–H and O–H groups in total. The molecule has 0 aliphatic heterocycles. The van der Waals surface area contributed by atoms with Crippen molar-refractivity contribution in [1.29, 1.82) is 0 Å². The standard InChI is InChI=1S/C13H15O/c1-10-8-11(2)13(12(3)9-10)6-4-5-7-14/h4,6,8-9H,5H2,1-3H3/b6-4+. The predicted molar refractivity (Wildman–Crippen MR) is 60.0 cm³/mol. The second kappa shape index (κ2) is 4.75. The van der Waals surface area contributed by atoms with Crippen molar-refractivity contribution >= 4 is 12.4 Å². The summed E-state index contributed by atoms with van der Waals surface area (Å²) >= 11 is 0. The summed E-state index contributed by atoms with van der Waals surface area (Å²) in [6, 6.07) is 4.30. The second-order valence-electron chi connectivity index (χ2n) is 3.56. The molecular formula is C13H15O. The van der Waals surface area contributed by atoms with Crippen LogP contribution in [0.5, 0.6) is 0 Å². The fourth-order valence-corrected chi connectivity index (χ4v) is 1.68. The minimum atomic E-state index is 0.368. The van der Waals surface area contributed by atoms with Crippen molar-refractivity contribution in [2.45, 2.75) is 27.2 Å². The zero-order valence-electron chi connectivity index (χ0n) is 8.92. The highest BCUT2D eigenvalue weighted by molar-refractivity contribution is 5.62. The van der Waals surface area contributed by atoms with E-state index in [9.17, 15) is 4.79 Å². The fourth-order valence-electron chi connectivity index (χ4n) is 1.68. The first kappa shape index (κ1) is 10.7. The van der Waals surface area contributed by atoms with E-state index in [4.69, 9.17) is 0 Å². The Kier molecular flexibility index (Phi) is 3.63. The molecule has 0 unspecified atom stereocenters. The van der Waals surface area contributed by atoms with Gasteiger partial charge in [-0.15, -0.1) is 0 Å². The Labute approximate surface area is 85.5 Å². The van der Waals surface area contributed by atoms with Crippen molar-refractivity contribution in [2.75, 3.05) is 0 Å². The van der Waals surface area contributed by atoms with E-state index in [-0.39, 0.29) is 0 Å². The third kappa shape index (κ3) is 2.56. The van der Waals surface area contributed by atoms with Crippen molar-refractivity contribution in [3.05, 3.63) is 40.5 Å². The average molecular weight is 187 g/mol. The minimum absolute atomic E-state index is 0.368. The Morgan fingerprint density at radius 3 is 2.29 bits per heavy atom.